The molecular weight excluding hydrogens is 259 g/mol. The van der Waals surface area contributed by atoms with Crippen molar-refractivity contribution in [1.29, 1.82) is 0 Å². The second kappa shape index (κ2) is 5.61. The van der Waals surface area contributed by atoms with Gasteiger partial charge in [0.1, 0.15) is 11.6 Å². The molecule has 2 aromatic carbocycles. The van der Waals surface area contributed by atoms with E-state index < -0.39 is 0 Å². The van der Waals surface area contributed by atoms with Crippen molar-refractivity contribution in [2.75, 3.05) is 17.2 Å². The van der Waals surface area contributed by atoms with Crippen LogP contribution in [0.3, 0.4) is 0 Å². The number of benzene rings is 2. The van der Waals surface area contributed by atoms with E-state index in [9.17, 15) is 14.3 Å². The third kappa shape index (κ3) is 2.71. The maximum atomic E-state index is 12.9. The maximum absolute atomic E-state index is 12.9. The van der Waals surface area contributed by atoms with E-state index in [0.717, 1.165) is 0 Å². The average Bonchev–Trinajstić information content (AvgIpc) is 2.44. The normalized spacial score (nSPS) is 10.3. The van der Waals surface area contributed by atoms with Gasteiger partial charge in [0, 0.05) is 17.9 Å². The van der Waals surface area contributed by atoms with Crippen LogP contribution in [0.5, 0.6) is 5.75 Å². The number of carbonyl (C=O) groups is 1. The summed E-state index contributed by atoms with van der Waals surface area (Å²) in [6.45, 7) is 2.21. The maximum Gasteiger partial charge on any atom is 0.260 e. The average molecular weight is 274 g/mol. The van der Waals surface area contributed by atoms with Gasteiger partial charge in [-0.2, -0.15) is 0 Å². The van der Waals surface area contributed by atoms with Crippen LogP contribution >= 0.6 is 0 Å². The second-order valence-electron chi connectivity index (χ2n) is 4.30. The molecule has 1 amide bonds. The van der Waals surface area contributed by atoms with Crippen LogP contribution in [0.25, 0.3) is 0 Å². The largest absolute Gasteiger partial charge is 0.508 e. The number of hydrogen-bond donors (Lipinski definition) is 2. The number of amides is 1. The summed E-state index contributed by atoms with van der Waals surface area (Å²) in [7, 11) is 0. The fourth-order valence-electron chi connectivity index (χ4n) is 1.94. The van der Waals surface area contributed by atoms with Crippen molar-refractivity contribution in [2.24, 2.45) is 0 Å². The molecule has 0 bridgehead atoms. The number of aromatic hydroxyl groups is 1. The van der Waals surface area contributed by atoms with Gasteiger partial charge < -0.3 is 15.7 Å². The topological polar surface area (TPSA) is 66.6 Å². The number of phenols is 1. The first-order valence-electron chi connectivity index (χ1n) is 6.19. The van der Waals surface area contributed by atoms with Crippen LogP contribution in [0.4, 0.5) is 15.8 Å². The van der Waals surface area contributed by atoms with Crippen LogP contribution in [0.15, 0.2) is 42.5 Å². The number of nitrogens with zero attached hydrogens (tertiary/aromatic N) is 1. The standard InChI is InChI=1S/C15H15FN2O2/c1-2-18(11-5-3-10(16)4-6-11)15(20)13-9-12(19)7-8-14(13)17/h3-9,19H,2,17H2,1H3. The molecule has 0 atom stereocenters. The summed E-state index contributed by atoms with van der Waals surface area (Å²) in [6.07, 6.45) is 0. The first-order chi connectivity index (χ1) is 9.52. The Bertz CT molecular complexity index is 626. The van der Waals surface area contributed by atoms with Crippen LogP contribution < -0.4 is 10.6 Å². The van der Waals surface area contributed by atoms with Gasteiger partial charge in [0.2, 0.25) is 0 Å². The van der Waals surface area contributed by atoms with Crippen molar-refractivity contribution in [3.8, 4) is 5.75 Å². The third-order valence-electron chi connectivity index (χ3n) is 2.97. The fourth-order valence-corrected chi connectivity index (χ4v) is 1.94. The van der Waals surface area contributed by atoms with Gasteiger partial charge in [-0.1, -0.05) is 0 Å². The molecule has 0 aliphatic heterocycles. The van der Waals surface area contributed by atoms with Gasteiger partial charge in [0.15, 0.2) is 0 Å². The fraction of sp³-hybridized carbons (Fsp3) is 0.133. The molecule has 0 heterocycles. The summed E-state index contributed by atoms with van der Waals surface area (Å²) in [6, 6.07) is 9.84. The first kappa shape index (κ1) is 13.9. The Balaban J connectivity index is 2.38. The molecule has 0 saturated carbocycles. The Hall–Kier alpha value is -2.56. The van der Waals surface area contributed by atoms with Crippen molar-refractivity contribution in [3.63, 3.8) is 0 Å². The highest BCUT2D eigenvalue weighted by molar-refractivity contribution is 6.09. The quantitative estimate of drug-likeness (QED) is 0.668. The molecule has 2 aromatic rings. The Morgan fingerprint density at radius 2 is 1.90 bits per heavy atom. The minimum Gasteiger partial charge on any atom is -0.508 e. The minimum atomic E-state index is -0.367. The van der Waals surface area contributed by atoms with E-state index in [1.54, 1.807) is 6.92 Å². The predicted octanol–water partition coefficient (Wildman–Crippen LogP) is 2.78. The Morgan fingerprint density at radius 1 is 1.25 bits per heavy atom. The van der Waals surface area contributed by atoms with E-state index in [1.165, 1.54) is 47.4 Å². The minimum absolute atomic E-state index is 0.0299. The zero-order valence-electron chi connectivity index (χ0n) is 11.0. The van der Waals surface area contributed by atoms with Gasteiger partial charge in [-0.25, -0.2) is 4.39 Å². The zero-order valence-corrected chi connectivity index (χ0v) is 11.0. The SMILES string of the molecule is CCN(C(=O)c1cc(O)ccc1N)c1ccc(F)cc1. The van der Waals surface area contributed by atoms with E-state index in [1.807, 2.05) is 0 Å². The van der Waals surface area contributed by atoms with Crippen LogP contribution in [0, 0.1) is 5.82 Å². The third-order valence-corrected chi connectivity index (χ3v) is 2.97. The second-order valence-corrected chi connectivity index (χ2v) is 4.30. The van der Waals surface area contributed by atoms with Crippen molar-refractivity contribution < 1.29 is 14.3 Å². The van der Waals surface area contributed by atoms with Crippen molar-refractivity contribution in [3.05, 3.63) is 53.8 Å². The molecule has 0 spiro atoms. The highest BCUT2D eigenvalue weighted by Crippen LogP contribution is 2.23. The summed E-state index contributed by atoms with van der Waals surface area (Å²) in [5.74, 6) is -0.737. The van der Waals surface area contributed by atoms with E-state index >= 15 is 0 Å². The number of anilines is 2. The van der Waals surface area contributed by atoms with Crippen LogP contribution in [0.2, 0.25) is 0 Å². The lowest BCUT2D eigenvalue weighted by Gasteiger charge is -2.22. The lowest BCUT2D eigenvalue weighted by atomic mass is 10.1. The highest BCUT2D eigenvalue weighted by Gasteiger charge is 2.19. The van der Waals surface area contributed by atoms with Crippen LogP contribution in [-0.2, 0) is 0 Å². The molecule has 0 radical (unpaired) electrons. The molecule has 0 saturated heterocycles. The smallest absolute Gasteiger partial charge is 0.260 e. The van der Waals surface area contributed by atoms with Gasteiger partial charge in [0.25, 0.3) is 5.91 Å². The van der Waals surface area contributed by atoms with Crippen molar-refractivity contribution in [2.45, 2.75) is 6.92 Å². The summed E-state index contributed by atoms with van der Waals surface area (Å²) in [5.41, 5.74) is 6.84. The zero-order chi connectivity index (χ0) is 14.7. The van der Waals surface area contributed by atoms with Gasteiger partial charge in [-0.15, -0.1) is 0 Å². The molecule has 20 heavy (non-hydrogen) atoms. The molecule has 0 fully saturated rings. The number of phenolic OH excluding ortho intramolecular Hbond substituents is 1. The summed E-state index contributed by atoms with van der Waals surface area (Å²) < 4.78 is 12.9. The monoisotopic (exact) mass is 274 g/mol. The van der Waals surface area contributed by atoms with Gasteiger partial charge >= 0.3 is 0 Å². The van der Waals surface area contributed by atoms with Crippen molar-refractivity contribution >= 4 is 17.3 Å². The lowest BCUT2D eigenvalue weighted by molar-refractivity contribution is 0.0988. The van der Waals surface area contributed by atoms with E-state index in [2.05, 4.69) is 0 Å². The van der Waals surface area contributed by atoms with Crippen molar-refractivity contribution in [1.82, 2.24) is 0 Å². The molecule has 0 unspecified atom stereocenters. The van der Waals surface area contributed by atoms with Crippen LogP contribution in [-0.4, -0.2) is 17.6 Å². The molecule has 0 aliphatic carbocycles. The molecule has 104 valence electrons. The number of nitrogens with two attached hydrogens (primary N) is 1. The van der Waals surface area contributed by atoms with E-state index in [4.69, 9.17) is 5.73 Å². The lowest BCUT2D eigenvalue weighted by Crippen LogP contribution is -2.31. The number of carbonyl (C=O) groups excluding carboxylic acids is 1. The van der Waals surface area contributed by atoms with E-state index in [-0.39, 0.29) is 28.7 Å². The Morgan fingerprint density at radius 3 is 2.50 bits per heavy atom. The molecular formula is C15H15FN2O2. The first-order valence-corrected chi connectivity index (χ1v) is 6.19. The van der Waals surface area contributed by atoms with Gasteiger partial charge in [-0.05, 0) is 49.4 Å². The predicted molar refractivity (Wildman–Crippen MR) is 76.3 cm³/mol. The highest BCUT2D eigenvalue weighted by atomic mass is 19.1. The summed E-state index contributed by atoms with van der Waals surface area (Å²) in [4.78, 5) is 13.9. The number of halogens is 1. The number of hydrogen-bond acceptors (Lipinski definition) is 3. The molecule has 2 rings (SSSR count). The van der Waals surface area contributed by atoms with Gasteiger partial charge in [0.05, 0.1) is 5.56 Å². The number of rotatable bonds is 3. The van der Waals surface area contributed by atoms with E-state index in [0.29, 0.717) is 12.2 Å². The Labute approximate surface area is 116 Å². The molecule has 5 heteroatoms. The summed E-state index contributed by atoms with van der Waals surface area (Å²) >= 11 is 0. The molecule has 3 N–H and O–H groups in total. The number of nitrogen functional groups attached to an aromatic ring is 1. The van der Waals surface area contributed by atoms with Crippen LogP contribution in [0.1, 0.15) is 17.3 Å². The van der Waals surface area contributed by atoms with Gasteiger partial charge in [-0.3, -0.25) is 4.79 Å². The summed E-state index contributed by atoms with van der Waals surface area (Å²) in [5, 5.41) is 9.47. The molecule has 0 aromatic heterocycles. The molecule has 4 nitrogen and oxygen atoms in total. The Kier molecular flexibility index (Phi) is 3.89. The molecule has 0 aliphatic rings.